The molecule has 1 aromatic carbocycles. The molecule has 7 heteroatoms. The molecule has 0 N–H and O–H groups in total. The van der Waals surface area contributed by atoms with Crippen LogP contribution in [0.5, 0.6) is 0 Å². The summed E-state index contributed by atoms with van der Waals surface area (Å²) in [6, 6.07) is 2.59. The van der Waals surface area contributed by atoms with E-state index in [9.17, 15) is 18.9 Å². The van der Waals surface area contributed by atoms with Gasteiger partial charge in [0, 0.05) is 11.6 Å². The first-order valence-corrected chi connectivity index (χ1v) is 4.09. The van der Waals surface area contributed by atoms with E-state index in [0.29, 0.717) is 6.07 Å². The van der Waals surface area contributed by atoms with Crippen LogP contribution in [0.1, 0.15) is 5.56 Å². The number of hydrogen-bond donors (Lipinski definition) is 0. The zero-order chi connectivity index (χ0) is 10.9. The van der Waals surface area contributed by atoms with Gasteiger partial charge in [-0.3, -0.25) is 10.1 Å². The molecule has 0 saturated heterocycles. The Labute approximate surface area is 87.4 Å². The zero-order valence-electron chi connectivity index (χ0n) is 6.51. The number of alkyl halides is 3. The Morgan fingerprint density at radius 2 is 2.00 bits per heavy atom. The number of hydrogen-bond acceptors (Lipinski definition) is 2. The zero-order valence-corrected chi connectivity index (χ0v) is 8.02. The van der Waals surface area contributed by atoms with Crippen molar-refractivity contribution in [3.8, 4) is 0 Å². The minimum absolute atomic E-state index is 0.209. The molecule has 0 aliphatic heterocycles. The predicted molar refractivity (Wildman–Crippen MR) is 47.9 cm³/mol. The summed E-state index contributed by atoms with van der Waals surface area (Å²) in [6.07, 6.45) is 0. The molecule has 1 aromatic rings. The topological polar surface area (TPSA) is 43.1 Å². The summed E-state index contributed by atoms with van der Waals surface area (Å²) in [7, 11) is 0. The summed E-state index contributed by atoms with van der Waals surface area (Å²) in [5.41, 5.74) is -1.25. The van der Waals surface area contributed by atoms with Gasteiger partial charge in [0.05, 0.1) is 4.92 Å². The lowest BCUT2D eigenvalue weighted by Gasteiger charge is -2.07. The number of nitro benzene ring substituents is 1. The molecule has 0 fully saturated rings. The molecule has 0 unspecified atom stereocenters. The summed E-state index contributed by atoms with van der Waals surface area (Å²) >= 11 is 10.1. The van der Waals surface area contributed by atoms with E-state index in [4.69, 9.17) is 11.6 Å². The number of rotatable bonds is 2. The van der Waals surface area contributed by atoms with Gasteiger partial charge < -0.3 is 0 Å². The highest BCUT2D eigenvalue weighted by molar-refractivity contribution is 6.32. The van der Waals surface area contributed by atoms with Crippen LogP contribution in [0, 0.1) is 10.1 Å². The standard InChI is InChI=1S/C7H3Cl2F2NO2/c8-5-2-1-4(7(9,10)11)3-6(5)12(13)14/h1-3H. The molecule has 76 valence electrons. The van der Waals surface area contributed by atoms with E-state index in [-0.39, 0.29) is 5.02 Å². The normalized spacial score (nSPS) is 11.4. The fourth-order valence-corrected chi connectivity index (χ4v) is 1.13. The molecule has 0 aliphatic carbocycles. The molecule has 0 amide bonds. The Hall–Kier alpha value is -0.940. The van der Waals surface area contributed by atoms with E-state index in [2.05, 4.69) is 11.6 Å². The van der Waals surface area contributed by atoms with Gasteiger partial charge in [-0.1, -0.05) is 11.6 Å². The van der Waals surface area contributed by atoms with Gasteiger partial charge in [0.15, 0.2) is 0 Å². The van der Waals surface area contributed by atoms with Gasteiger partial charge in [-0.15, -0.1) is 0 Å². The minimum atomic E-state index is -3.63. The minimum Gasteiger partial charge on any atom is -0.258 e. The molecule has 0 heterocycles. The lowest BCUT2D eigenvalue weighted by Crippen LogP contribution is -2.04. The van der Waals surface area contributed by atoms with E-state index < -0.39 is 21.6 Å². The van der Waals surface area contributed by atoms with Crippen LogP contribution in [0.15, 0.2) is 18.2 Å². The maximum atomic E-state index is 12.5. The first kappa shape index (κ1) is 11.1. The van der Waals surface area contributed by atoms with Gasteiger partial charge in [0.25, 0.3) is 5.69 Å². The van der Waals surface area contributed by atoms with Gasteiger partial charge in [0.2, 0.25) is 0 Å². The molecule has 14 heavy (non-hydrogen) atoms. The Balaban J connectivity index is 3.27. The molecule has 1 rings (SSSR count). The fourth-order valence-electron chi connectivity index (χ4n) is 0.829. The van der Waals surface area contributed by atoms with Crippen molar-refractivity contribution in [1.29, 1.82) is 0 Å². The summed E-state index contributed by atoms with van der Waals surface area (Å²) < 4.78 is 25.1. The highest BCUT2D eigenvalue weighted by atomic mass is 35.5. The Morgan fingerprint density at radius 1 is 1.43 bits per heavy atom. The van der Waals surface area contributed by atoms with Crippen molar-refractivity contribution in [2.75, 3.05) is 0 Å². The quantitative estimate of drug-likeness (QED) is 0.452. The van der Waals surface area contributed by atoms with Crippen LogP contribution in [0.25, 0.3) is 0 Å². The van der Waals surface area contributed by atoms with Crippen LogP contribution in [0.2, 0.25) is 5.02 Å². The smallest absolute Gasteiger partial charge is 0.258 e. The lowest BCUT2D eigenvalue weighted by molar-refractivity contribution is -0.384. The fraction of sp³-hybridized carbons (Fsp3) is 0.143. The monoisotopic (exact) mass is 241 g/mol. The molecule has 0 spiro atoms. The largest absolute Gasteiger partial charge is 0.348 e. The van der Waals surface area contributed by atoms with E-state index in [0.717, 1.165) is 12.1 Å². The molecule has 0 aromatic heterocycles. The average molecular weight is 242 g/mol. The lowest BCUT2D eigenvalue weighted by atomic mass is 10.2. The first-order valence-electron chi connectivity index (χ1n) is 3.33. The second-order valence-corrected chi connectivity index (χ2v) is 3.30. The van der Waals surface area contributed by atoms with E-state index in [1.54, 1.807) is 0 Å². The van der Waals surface area contributed by atoms with Crippen LogP contribution in [-0.2, 0) is 5.38 Å². The molecule has 0 radical (unpaired) electrons. The van der Waals surface area contributed by atoms with Crippen molar-refractivity contribution in [3.63, 3.8) is 0 Å². The Bertz CT molecular complexity index is 378. The van der Waals surface area contributed by atoms with Crippen LogP contribution < -0.4 is 0 Å². The first-order chi connectivity index (χ1) is 6.32. The SMILES string of the molecule is O=[N+]([O-])c1cc(C(F)(F)Cl)ccc1Cl. The highest BCUT2D eigenvalue weighted by Crippen LogP contribution is 2.36. The number of nitro groups is 1. The molecule has 0 saturated carbocycles. The summed E-state index contributed by atoms with van der Waals surface area (Å²) in [6.45, 7) is 0. The Kier molecular flexibility index (Phi) is 2.92. The van der Waals surface area contributed by atoms with Gasteiger partial charge >= 0.3 is 5.38 Å². The summed E-state index contributed by atoms with van der Waals surface area (Å²) in [5, 5.41) is 6.50. The third-order valence-electron chi connectivity index (χ3n) is 1.47. The Morgan fingerprint density at radius 3 is 2.43 bits per heavy atom. The van der Waals surface area contributed by atoms with Crippen LogP contribution in [0.3, 0.4) is 0 Å². The second kappa shape index (κ2) is 3.67. The maximum absolute atomic E-state index is 12.5. The second-order valence-electron chi connectivity index (χ2n) is 2.42. The molecular weight excluding hydrogens is 239 g/mol. The summed E-state index contributed by atoms with van der Waals surface area (Å²) in [5.74, 6) is 0. The predicted octanol–water partition coefficient (Wildman–Crippen LogP) is 3.54. The molecular formula is C7H3Cl2F2NO2. The molecule has 3 nitrogen and oxygen atoms in total. The van der Waals surface area contributed by atoms with Crippen LogP contribution >= 0.6 is 23.2 Å². The molecule has 0 atom stereocenters. The van der Waals surface area contributed by atoms with Crippen LogP contribution in [0.4, 0.5) is 14.5 Å². The van der Waals surface area contributed by atoms with Gasteiger partial charge in [0.1, 0.15) is 5.02 Å². The van der Waals surface area contributed by atoms with Crippen molar-refractivity contribution in [2.24, 2.45) is 0 Å². The highest BCUT2D eigenvalue weighted by Gasteiger charge is 2.30. The van der Waals surface area contributed by atoms with Crippen molar-refractivity contribution >= 4 is 28.9 Å². The van der Waals surface area contributed by atoms with E-state index >= 15 is 0 Å². The van der Waals surface area contributed by atoms with Crippen molar-refractivity contribution < 1.29 is 13.7 Å². The molecule has 0 bridgehead atoms. The number of halogens is 4. The third-order valence-corrected chi connectivity index (χ3v) is 2.01. The van der Waals surface area contributed by atoms with E-state index in [1.807, 2.05) is 0 Å². The average Bonchev–Trinajstić information content (AvgIpc) is 2.02. The summed E-state index contributed by atoms with van der Waals surface area (Å²) in [4.78, 5) is 9.48. The van der Waals surface area contributed by atoms with Crippen molar-refractivity contribution in [1.82, 2.24) is 0 Å². The van der Waals surface area contributed by atoms with Crippen LogP contribution in [-0.4, -0.2) is 4.92 Å². The van der Waals surface area contributed by atoms with Gasteiger partial charge in [-0.2, -0.15) is 8.78 Å². The van der Waals surface area contributed by atoms with Gasteiger partial charge in [-0.05, 0) is 23.7 Å². The third kappa shape index (κ3) is 2.30. The number of benzene rings is 1. The molecule has 0 aliphatic rings. The van der Waals surface area contributed by atoms with Crippen molar-refractivity contribution in [2.45, 2.75) is 5.38 Å². The number of nitrogens with zero attached hydrogens (tertiary/aromatic N) is 1. The van der Waals surface area contributed by atoms with Crippen molar-refractivity contribution in [3.05, 3.63) is 38.9 Å². The van der Waals surface area contributed by atoms with Gasteiger partial charge in [-0.25, -0.2) is 0 Å². The maximum Gasteiger partial charge on any atom is 0.348 e. The van der Waals surface area contributed by atoms with E-state index in [1.165, 1.54) is 0 Å².